The third-order valence-electron chi connectivity index (χ3n) is 2.72. The van der Waals surface area contributed by atoms with E-state index in [2.05, 4.69) is 64.3 Å². The lowest BCUT2D eigenvalue weighted by molar-refractivity contribution is 1.13. The molecule has 0 aliphatic heterocycles. The van der Waals surface area contributed by atoms with E-state index in [1.807, 2.05) is 6.07 Å². The van der Waals surface area contributed by atoms with E-state index in [0.29, 0.717) is 6.42 Å². The molecule has 84 valence electrons. The molecule has 0 unspecified atom stereocenters. The molecule has 2 aromatic rings. The number of rotatable bonds is 3. The Bertz CT molecular complexity index is 532. The van der Waals surface area contributed by atoms with Crippen molar-refractivity contribution in [1.82, 2.24) is 0 Å². The monoisotopic (exact) mass is 284 g/mol. The van der Waals surface area contributed by atoms with Crippen LogP contribution < -0.4 is 0 Å². The van der Waals surface area contributed by atoms with Gasteiger partial charge < -0.3 is 0 Å². The molecule has 0 nitrogen and oxygen atoms in total. The predicted molar refractivity (Wildman–Crippen MR) is 75.9 cm³/mol. The van der Waals surface area contributed by atoms with Crippen LogP contribution in [0.4, 0.5) is 0 Å². The van der Waals surface area contributed by atoms with Crippen LogP contribution in [0.3, 0.4) is 0 Å². The predicted octanol–water partition coefficient (Wildman–Crippen LogP) is 4.22. The molecular weight excluding hydrogens is 272 g/mol. The summed E-state index contributed by atoms with van der Waals surface area (Å²) in [5.74, 6) is 2.71. The lowest BCUT2D eigenvalue weighted by Gasteiger charge is -2.07. The standard InChI is InChI=1S/C16H13Br/c1-2-5-14-6-3-4-7-15(14)12-13-8-10-16(17)11-9-13/h1,3-4,6-11H,5,12H2. The van der Waals surface area contributed by atoms with E-state index in [1.165, 1.54) is 16.7 Å². The van der Waals surface area contributed by atoms with Crippen molar-refractivity contribution in [2.24, 2.45) is 0 Å². The van der Waals surface area contributed by atoms with Gasteiger partial charge in [-0.3, -0.25) is 0 Å². The third kappa shape index (κ3) is 3.22. The Morgan fingerprint density at radius 1 is 0.941 bits per heavy atom. The molecule has 0 aromatic heterocycles. The average molecular weight is 285 g/mol. The van der Waals surface area contributed by atoms with Crippen molar-refractivity contribution in [3.63, 3.8) is 0 Å². The summed E-state index contributed by atoms with van der Waals surface area (Å²) in [6.45, 7) is 0. The normalized spacial score (nSPS) is 9.88. The maximum Gasteiger partial charge on any atom is 0.0340 e. The zero-order valence-corrected chi connectivity index (χ0v) is 11.1. The minimum atomic E-state index is 0.701. The number of halogens is 1. The van der Waals surface area contributed by atoms with E-state index in [4.69, 9.17) is 6.42 Å². The highest BCUT2D eigenvalue weighted by atomic mass is 79.9. The fraction of sp³-hybridized carbons (Fsp3) is 0.125. The van der Waals surface area contributed by atoms with Gasteiger partial charge in [-0.2, -0.15) is 0 Å². The molecule has 0 N–H and O–H groups in total. The quantitative estimate of drug-likeness (QED) is 0.741. The van der Waals surface area contributed by atoms with E-state index in [9.17, 15) is 0 Å². The fourth-order valence-corrected chi connectivity index (χ4v) is 2.10. The van der Waals surface area contributed by atoms with Gasteiger partial charge in [0.25, 0.3) is 0 Å². The van der Waals surface area contributed by atoms with Crippen molar-refractivity contribution >= 4 is 15.9 Å². The lowest BCUT2D eigenvalue weighted by Crippen LogP contribution is -1.94. The molecule has 2 aromatic carbocycles. The van der Waals surface area contributed by atoms with E-state index in [-0.39, 0.29) is 0 Å². The highest BCUT2D eigenvalue weighted by Gasteiger charge is 2.01. The van der Waals surface area contributed by atoms with Crippen LogP contribution in [-0.4, -0.2) is 0 Å². The van der Waals surface area contributed by atoms with Crippen molar-refractivity contribution < 1.29 is 0 Å². The van der Waals surface area contributed by atoms with Crippen LogP contribution in [0.15, 0.2) is 53.0 Å². The molecule has 0 fully saturated rings. The Kier molecular flexibility index (Phi) is 4.01. The van der Waals surface area contributed by atoms with E-state index in [1.54, 1.807) is 0 Å². The number of terminal acetylenes is 1. The third-order valence-corrected chi connectivity index (χ3v) is 3.25. The van der Waals surface area contributed by atoms with E-state index in [0.717, 1.165) is 10.9 Å². The van der Waals surface area contributed by atoms with Gasteiger partial charge in [-0.1, -0.05) is 52.3 Å². The van der Waals surface area contributed by atoms with Gasteiger partial charge in [0.15, 0.2) is 0 Å². The van der Waals surface area contributed by atoms with Crippen LogP contribution in [0.1, 0.15) is 16.7 Å². The molecule has 0 spiro atoms. The summed E-state index contributed by atoms with van der Waals surface area (Å²) in [5.41, 5.74) is 3.86. The number of hydrogen-bond donors (Lipinski definition) is 0. The largest absolute Gasteiger partial charge is 0.120 e. The Balaban J connectivity index is 2.24. The van der Waals surface area contributed by atoms with Gasteiger partial charge in [-0.05, 0) is 35.2 Å². The Morgan fingerprint density at radius 3 is 2.24 bits per heavy atom. The van der Waals surface area contributed by atoms with Gasteiger partial charge in [0, 0.05) is 10.9 Å². The van der Waals surface area contributed by atoms with Gasteiger partial charge in [0.1, 0.15) is 0 Å². The highest BCUT2D eigenvalue weighted by molar-refractivity contribution is 9.10. The second kappa shape index (κ2) is 5.70. The minimum Gasteiger partial charge on any atom is -0.120 e. The Hall–Kier alpha value is -1.52. The van der Waals surface area contributed by atoms with Crippen LogP contribution in [0.5, 0.6) is 0 Å². The first-order valence-corrected chi connectivity index (χ1v) is 6.33. The van der Waals surface area contributed by atoms with Crippen molar-refractivity contribution in [2.45, 2.75) is 12.8 Å². The van der Waals surface area contributed by atoms with Crippen molar-refractivity contribution in [2.75, 3.05) is 0 Å². The van der Waals surface area contributed by atoms with Gasteiger partial charge in [-0.25, -0.2) is 0 Å². The summed E-state index contributed by atoms with van der Waals surface area (Å²) >= 11 is 3.44. The molecule has 0 aliphatic rings. The fourth-order valence-electron chi connectivity index (χ4n) is 1.83. The molecule has 0 heterocycles. The smallest absolute Gasteiger partial charge is 0.0340 e. The van der Waals surface area contributed by atoms with Crippen LogP contribution in [0.25, 0.3) is 0 Å². The molecule has 17 heavy (non-hydrogen) atoms. The van der Waals surface area contributed by atoms with Gasteiger partial charge in [-0.15, -0.1) is 12.3 Å². The van der Waals surface area contributed by atoms with Gasteiger partial charge >= 0.3 is 0 Å². The molecule has 2 rings (SSSR count). The summed E-state index contributed by atoms with van der Waals surface area (Å²) in [6.07, 6.45) is 7.02. The first-order valence-electron chi connectivity index (χ1n) is 5.54. The molecule has 0 saturated carbocycles. The molecule has 0 bridgehead atoms. The first-order chi connectivity index (χ1) is 8.29. The summed E-state index contributed by atoms with van der Waals surface area (Å²) in [7, 11) is 0. The van der Waals surface area contributed by atoms with Crippen LogP contribution in [0.2, 0.25) is 0 Å². The zero-order chi connectivity index (χ0) is 12.1. The zero-order valence-electron chi connectivity index (χ0n) is 9.49. The maximum atomic E-state index is 5.39. The van der Waals surface area contributed by atoms with Crippen molar-refractivity contribution in [1.29, 1.82) is 0 Å². The highest BCUT2D eigenvalue weighted by Crippen LogP contribution is 2.17. The summed E-state index contributed by atoms with van der Waals surface area (Å²) in [4.78, 5) is 0. The molecule has 0 amide bonds. The van der Waals surface area contributed by atoms with Crippen molar-refractivity contribution in [3.05, 3.63) is 69.7 Å². The second-order valence-corrected chi connectivity index (χ2v) is 4.87. The number of hydrogen-bond acceptors (Lipinski definition) is 0. The van der Waals surface area contributed by atoms with Crippen molar-refractivity contribution in [3.8, 4) is 12.3 Å². The topological polar surface area (TPSA) is 0 Å². The average Bonchev–Trinajstić information content (AvgIpc) is 2.35. The molecule has 0 atom stereocenters. The van der Waals surface area contributed by atoms with Crippen LogP contribution >= 0.6 is 15.9 Å². The van der Waals surface area contributed by atoms with Crippen LogP contribution in [0, 0.1) is 12.3 Å². The second-order valence-electron chi connectivity index (χ2n) is 3.95. The Labute approximate surface area is 111 Å². The lowest BCUT2D eigenvalue weighted by atomic mass is 9.98. The molecule has 0 saturated heterocycles. The summed E-state index contributed by atoms with van der Waals surface area (Å²) in [6, 6.07) is 16.8. The molecule has 0 radical (unpaired) electrons. The maximum absolute atomic E-state index is 5.39. The first kappa shape index (κ1) is 12.0. The van der Waals surface area contributed by atoms with E-state index >= 15 is 0 Å². The molecule has 1 heteroatoms. The SMILES string of the molecule is C#CCc1ccccc1Cc1ccc(Br)cc1. The van der Waals surface area contributed by atoms with E-state index < -0.39 is 0 Å². The van der Waals surface area contributed by atoms with Crippen LogP contribution in [-0.2, 0) is 12.8 Å². The number of benzene rings is 2. The molecule has 0 aliphatic carbocycles. The summed E-state index contributed by atoms with van der Waals surface area (Å²) < 4.78 is 1.11. The minimum absolute atomic E-state index is 0.701. The molecular formula is C16H13Br. The van der Waals surface area contributed by atoms with Gasteiger partial charge in [0.05, 0.1) is 0 Å². The Morgan fingerprint density at radius 2 is 1.59 bits per heavy atom. The van der Waals surface area contributed by atoms with Gasteiger partial charge in [0.2, 0.25) is 0 Å². The summed E-state index contributed by atoms with van der Waals surface area (Å²) in [5, 5.41) is 0.